The van der Waals surface area contributed by atoms with Gasteiger partial charge in [0.05, 0.1) is 23.2 Å². The van der Waals surface area contributed by atoms with E-state index in [2.05, 4.69) is 9.72 Å². The Hall–Kier alpha value is -4.15. The molecule has 1 saturated carbocycles. The second-order valence-corrected chi connectivity index (χ2v) is 11.3. The van der Waals surface area contributed by atoms with Gasteiger partial charge in [-0.25, -0.2) is 4.98 Å². The highest BCUT2D eigenvalue weighted by molar-refractivity contribution is 6.31. The van der Waals surface area contributed by atoms with Crippen LogP contribution in [0.1, 0.15) is 53.6 Å². The fraction of sp³-hybridized carbons (Fsp3) is 0.281. The minimum absolute atomic E-state index is 0.00168. The second-order valence-electron chi connectivity index (χ2n) is 10.9. The molecule has 4 aromatic rings. The number of carbonyl (C=O) groups excluding carboxylic acids is 1. The summed E-state index contributed by atoms with van der Waals surface area (Å²) in [4.78, 5) is 36.1. The van der Waals surface area contributed by atoms with Gasteiger partial charge in [-0.05, 0) is 72.2 Å². The van der Waals surface area contributed by atoms with E-state index in [0.29, 0.717) is 47.6 Å². The molecule has 0 saturated heterocycles. The average Bonchev–Trinajstić information content (AvgIpc) is 3.80. The summed E-state index contributed by atoms with van der Waals surface area (Å²) in [6.45, 7) is 0.315. The molecule has 1 amide bonds. The van der Waals surface area contributed by atoms with E-state index < -0.39 is 24.1 Å². The first-order valence-corrected chi connectivity index (χ1v) is 14.2. The molecule has 3 aromatic carbocycles. The van der Waals surface area contributed by atoms with Crippen molar-refractivity contribution in [2.75, 3.05) is 6.54 Å². The van der Waals surface area contributed by atoms with Crippen molar-refractivity contribution < 1.29 is 27.8 Å². The number of hydrogen-bond acceptors (Lipinski definition) is 5. The average molecular weight is 610 g/mol. The number of carbonyl (C=O) groups is 1. The van der Waals surface area contributed by atoms with Crippen molar-refractivity contribution in [3.63, 3.8) is 0 Å². The lowest BCUT2D eigenvalue weighted by Crippen LogP contribution is -2.36. The number of aromatic amines is 1. The number of rotatable bonds is 6. The van der Waals surface area contributed by atoms with Gasteiger partial charge in [-0.3, -0.25) is 9.59 Å². The number of benzene rings is 3. The van der Waals surface area contributed by atoms with Gasteiger partial charge in [-0.15, -0.1) is 13.2 Å². The van der Waals surface area contributed by atoms with E-state index in [0.717, 1.165) is 24.5 Å². The first kappa shape index (κ1) is 28.9. The van der Waals surface area contributed by atoms with Crippen molar-refractivity contribution in [1.82, 2.24) is 14.9 Å². The Labute approximate surface area is 249 Å². The summed E-state index contributed by atoms with van der Waals surface area (Å²) in [6.07, 6.45) is -3.60. The van der Waals surface area contributed by atoms with Crippen LogP contribution in [-0.4, -0.2) is 38.8 Å². The van der Waals surface area contributed by atoms with Crippen LogP contribution < -0.4 is 10.3 Å². The van der Waals surface area contributed by atoms with Gasteiger partial charge >= 0.3 is 6.36 Å². The van der Waals surface area contributed by atoms with Crippen LogP contribution in [0, 0.1) is 0 Å². The van der Waals surface area contributed by atoms with Gasteiger partial charge in [0.2, 0.25) is 0 Å². The summed E-state index contributed by atoms with van der Waals surface area (Å²) in [7, 11) is 0. The summed E-state index contributed by atoms with van der Waals surface area (Å²) in [5.74, 6) is -0.439. The summed E-state index contributed by atoms with van der Waals surface area (Å²) in [5, 5.41) is 11.1. The number of nitrogens with zero attached hydrogens (tertiary/aromatic N) is 2. The quantitative estimate of drug-likeness (QED) is 0.276. The van der Waals surface area contributed by atoms with Gasteiger partial charge in [0, 0.05) is 11.6 Å². The summed E-state index contributed by atoms with van der Waals surface area (Å²) in [5.41, 5.74) is 2.55. The highest BCUT2D eigenvalue weighted by Crippen LogP contribution is 2.52. The largest absolute Gasteiger partial charge is 0.573 e. The second kappa shape index (κ2) is 11.2. The Morgan fingerprint density at radius 2 is 1.81 bits per heavy atom. The van der Waals surface area contributed by atoms with Crippen molar-refractivity contribution >= 4 is 17.5 Å². The number of fused-ring (bicyclic) bond motifs is 1. The summed E-state index contributed by atoms with van der Waals surface area (Å²) < 4.78 is 42.3. The molecule has 2 aliphatic rings. The molecule has 222 valence electrons. The lowest BCUT2D eigenvalue weighted by molar-refractivity contribution is -0.274. The first-order valence-electron chi connectivity index (χ1n) is 13.8. The standard InChI is InChI=1S/C32H27ClF3N3O4/c33-23-15-21(16-24(17-23)43-32(34,35)36)19-6-4-7-20(14-19)27(40)29(42)39-13-5-10-26-25(18-39)28(41)38-30(37-26)31(11-12-31)22-8-2-1-3-9-22/h1-4,6-9,14-17,27,40H,5,10-13,18H2,(H,37,38,41)/t27-/m1/s1. The van der Waals surface area contributed by atoms with E-state index in [1.54, 1.807) is 18.2 Å². The fourth-order valence-electron chi connectivity index (χ4n) is 5.71. The molecular formula is C32H27ClF3N3O4. The zero-order valence-electron chi connectivity index (χ0n) is 22.8. The summed E-state index contributed by atoms with van der Waals surface area (Å²) >= 11 is 6.03. The number of aromatic nitrogens is 2. The van der Waals surface area contributed by atoms with Crippen molar-refractivity contribution in [2.45, 2.75) is 50.1 Å². The molecule has 1 aromatic heterocycles. The Morgan fingerprint density at radius 3 is 2.53 bits per heavy atom. The highest BCUT2D eigenvalue weighted by atomic mass is 35.5. The number of alkyl halides is 3. The maximum atomic E-state index is 13.5. The van der Waals surface area contributed by atoms with Crippen LogP contribution in [0.2, 0.25) is 5.02 Å². The Bertz CT molecular complexity index is 1740. The predicted octanol–water partition coefficient (Wildman–Crippen LogP) is 6.08. The van der Waals surface area contributed by atoms with Crippen LogP contribution >= 0.6 is 11.6 Å². The minimum atomic E-state index is -4.89. The topological polar surface area (TPSA) is 95.5 Å². The lowest BCUT2D eigenvalue weighted by atomic mass is 9.94. The highest BCUT2D eigenvalue weighted by Gasteiger charge is 2.48. The number of halogens is 4. The predicted molar refractivity (Wildman–Crippen MR) is 154 cm³/mol. The van der Waals surface area contributed by atoms with Crippen molar-refractivity contribution in [1.29, 1.82) is 0 Å². The molecule has 1 fully saturated rings. The first-order chi connectivity index (χ1) is 20.5. The molecule has 0 bridgehead atoms. The van der Waals surface area contributed by atoms with E-state index >= 15 is 0 Å². The van der Waals surface area contributed by atoms with E-state index in [1.165, 1.54) is 23.1 Å². The SMILES string of the molecule is O=C([C@H](O)c1cccc(-c2cc(Cl)cc(OC(F)(F)F)c2)c1)N1CCCc2nc(C3(c4ccccc4)CC3)[nH]c(=O)c2C1. The monoisotopic (exact) mass is 609 g/mol. The number of aryl methyl sites for hydroxylation is 1. The molecule has 11 heteroatoms. The van der Waals surface area contributed by atoms with Gasteiger partial charge in [0.25, 0.3) is 11.5 Å². The lowest BCUT2D eigenvalue weighted by Gasteiger charge is -2.24. The maximum absolute atomic E-state index is 13.5. The molecular weight excluding hydrogens is 583 g/mol. The van der Waals surface area contributed by atoms with E-state index in [9.17, 15) is 27.9 Å². The molecule has 2 heterocycles. The molecule has 6 rings (SSSR count). The molecule has 1 aliphatic carbocycles. The van der Waals surface area contributed by atoms with Crippen molar-refractivity contribution in [2.24, 2.45) is 0 Å². The van der Waals surface area contributed by atoms with Crippen LogP contribution in [-0.2, 0) is 23.2 Å². The number of aliphatic hydroxyl groups excluding tert-OH is 1. The van der Waals surface area contributed by atoms with Gasteiger partial charge < -0.3 is 19.7 Å². The van der Waals surface area contributed by atoms with Crippen LogP contribution in [0.25, 0.3) is 11.1 Å². The van der Waals surface area contributed by atoms with Crippen LogP contribution in [0.15, 0.2) is 77.6 Å². The Kier molecular flexibility index (Phi) is 7.52. The van der Waals surface area contributed by atoms with Crippen molar-refractivity contribution in [3.05, 3.63) is 116 Å². The molecule has 0 radical (unpaired) electrons. The van der Waals surface area contributed by atoms with E-state index in [1.807, 2.05) is 30.3 Å². The third kappa shape index (κ3) is 6.03. The smallest absolute Gasteiger partial charge is 0.406 e. The number of amides is 1. The normalized spacial score (nSPS) is 16.6. The van der Waals surface area contributed by atoms with Crippen LogP contribution in [0.4, 0.5) is 13.2 Å². The van der Waals surface area contributed by atoms with Gasteiger partial charge in [-0.1, -0.05) is 60.1 Å². The van der Waals surface area contributed by atoms with Crippen LogP contribution in [0.3, 0.4) is 0 Å². The number of ether oxygens (including phenoxy) is 1. The third-order valence-electron chi connectivity index (χ3n) is 8.01. The fourth-order valence-corrected chi connectivity index (χ4v) is 5.93. The molecule has 2 N–H and O–H groups in total. The van der Waals surface area contributed by atoms with Gasteiger partial charge in [0.1, 0.15) is 11.6 Å². The van der Waals surface area contributed by atoms with Gasteiger partial charge in [-0.2, -0.15) is 0 Å². The minimum Gasteiger partial charge on any atom is -0.406 e. The maximum Gasteiger partial charge on any atom is 0.573 e. The number of H-pyrrole nitrogens is 1. The summed E-state index contributed by atoms with van der Waals surface area (Å²) in [6, 6.07) is 19.9. The molecule has 1 aliphatic heterocycles. The molecule has 43 heavy (non-hydrogen) atoms. The number of nitrogens with one attached hydrogen (secondary N) is 1. The van der Waals surface area contributed by atoms with Crippen LogP contribution in [0.5, 0.6) is 5.75 Å². The van der Waals surface area contributed by atoms with E-state index in [-0.39, 0.29) is 28.1 Å². The number of hydrogen-bond donors (Lipinski definition) is 2. The van der Waals surface area contributed by atoms with E-state index in [4.69, 9.17) is 16.6 Å². The molecule has 1 atom stereocenters. The van der Waals surface area contributed by atoms with Crippen molar-refractivity contribution in [3.8, 4) is 16.9 Å². The molecule has 7 nitrogen and oxygen atoms in total. The number of aliphatic hydroxyl groups is 1. The Balaban J connectivity index is 1.23. The molecule has 0 unspecified atom stereocenters. The Morgan fingerprint density at radius 1 is 1.05 bits per heavy atom. The van der Waals surface area contributed by atoms with Gasteiger partial charge in [0.15, 0.2) is 6.10 Å². The zero-order chi connectivity index (χ0) is 30.4. The third-order valence-corrected chi connectivity index (χ3v) is 8.23. The molecule has 0 spiro atoms. The zero-order valence-corrected chi connectivity index (χ0v) is 23.6.